The zero-order chi connectivity index (χ0) is 14.6. The highest BCUT2D eigenvalue weighted by atomic mass is 35.5. The minimum Gasteiger partial charge on any atom is -0.486 e. The smallest absolute Gasteiger partial charge is 0.243 e. The van der Waals surface area contributed by atoms with Crippen LogP contribution in [0.3, 0.4) is 0 Å². The standard InChI is InChI=1S/C12H15Cl2NO4S/c13-3-5-15(6-4-14)20(16,17)10-1-2-11-12(9-10)19-8-7-18-11/h1-2,9H,3-8H2. The third-order valence-corrected chi connectivity index (χ3v) is 5.05. The molecule has 0 N–H and O–H groups in total. The molecular formula is C12H15Cl2NO4S. The van der Waals surface area contributed by atoms with Crippen molar-refractivity contribution in [2.24, 2.45) is 0 Å². The zero-order valence-electron chi connectivity index (χ0n) is 10.7. The average Bonchev–Trinajstić information content (AvgIpc) is 2.46. The van der Waals surface area contributed by atoms with E-state index in [4.69, 9.17) is 32.7 Å². The van der Waals surface area contributed by atoms with E-state index in [1.165, 1.54) is 16.4 Å². The van der Waals surface area contributed by atoms with Crippen LogP contribution in [-0.4, -0.2) is 50.8 Å². The van der Waals surface area contributed by atoms with Gasteiger partial charge in [-0.15, -0.1) is 23.2 Å². The summed E-state index contributed by atoms with van der Waals surface area (Å²) in [4.78, 5) is 0.150. The highest BCUT2D eigenvalue weighted by Crippen LogP contribution is 2.33. The zero-order valence-corrected chi connectivity index (χ0v) is 13.0. The van der Waals surface area contributed by atoms with Crippen LogP contribution in [0.1, 0.15) is 0 Å². The normalized spacial score (nSPS) is 14.6. The molecule has 112 valence electrons. The molecule has 0 fully saturated rings. The van der Waals surface area contributed by atoms with Gasteiger partial charge in [-0.05, 0) is 12.1 Å². The lowest BCUT2D eigenvalue weighted by Gasteiger charge is -2.22. The first-order valence-electron chi connectivity index (χ1n) is 6.11. The Hall–Kier alpha value is -0.690. The van der Waals surface area contributed by atoms with Gasteiger partial charge < -0.3 is 9.47 Å². The Morgan fingerprint density at radius 3 is 2.25 bits per heavy atom. The topological polar surface area (TPSA) is 55.8 Å². The fraction of sp³-hybridized carbons (Fsp3) is 0.500. The number of hydrogen-bond acceptors (Lipinski definition) is 4. The first kappa shape index (κ1) is 15.7. The summed E-state index contributed by atoms with van der Waals surface area (Å²) in [6, 6.07) is 4.57. The number of halogens is 2. The van der Waals surface area contributed by atoms with Gasteiger partial charge in [0.15, 0.2) is 11.5 Å². The summed E-state index contributed by atoms with van der Waals surface area (Å²) >= 11 is 11.3. The van der Waals surface area contributed by atoms with Crippen molar-refractivity contribution in [1.82, 2.24) is 4.31 Å². The summed E-state index contributed by atoms with van der Waals surface area (Å²) in [7, 11) is -3.63. The Morgan fingerprint density at radius 2 is 1.65 bits per heavy atom. The maximum atomic E-state index is 12.5. The van der Waals surface area contributed by atoms with E-state index in [1.807, 2.05) is 0 Å². The van der Waals surface area contributed by atoms with Gasteiger partial charge in [0, 0.05) is 30.9 Å². The lowest BCUT2D eigenvalue weighted by molar-refractivity contribution is 0.171. The van der Waals surface area contributed by atoms with Gasteiger partial charge in [0.25, 0.3) is 0 Å². The van der Waals surface area contributed by atoms with Crippen molar-refractivity contribution in [2.45, 2.75) is 4.90 Å². The van der Waals surface area contributed by atoms with Crippen molar-refractivity contribution < 1.29 is 17.9 Å². The highest BCUT2D eigenvalue weighted by molar-refractivity contribution is 7.89. The summed E-state index contributed by atoms with van der Waals surface area (Å²) in [6.07, 6.45) is 0. The van der Waals surface area contributed by atoms with E-state index in [0.717, 1.165) is 0 Å². The van der Waals surface area contributed by atoms with Crippen molar-refractivity contribution in [1.29, 1.82) is 0 Å². The quantitative estimate of drug-likeness (QED) is 0.743. The Bertz CT molecular complexity index is 559. The number of benzene rings is 1. The molecule has 0 spiro atoms. The molecule has 0 aliphatic carbocycles. The summed E-state index contributed by atoms with van der Waals surface area (Å²) < 4.78 is 37.1. The van der Waals surface area contributed by atoms with E-state index in [1.54, 1.807) is 6.07 Å². The molecule has 0 aromatic heterocycles. The van der Waals surface area contributed by atoms with Crippen LogP contribution < -0.4 is 9.47 Å². The monoisotopic (exact) mass is 339 g/mol. The van der Waals surface area contributed by atoms with Crippen LogP contribution in [0.5, 0.6) is 11.5 Å². The summed E-state index contributed by atoms with van der Waals surface area (Å²) in [6.45, 7) is 1.30. The van der Waals surface area contributed by atoms with Crippen LogP contribution in [0, 0.1) is 0 Å². The maximum Gasteiger partial charge on any atom is 0.243 e. The number of sulfonamides is 1. The molecular weight excluding hydrogens is 325 g/mol. The number of hydrogen-bond donors (Lipinski definition) is 0. The van der Waals surface area contributed by atoms with Crippen LogP contribution in [-0.2, 0) is 10.0 Å². The Labute approximate surface area is 128 Å². The fourth-order valence-corrected chi connectivity index (χ4v) is 3.94. The third kappa shape index (κ3) is 3.31. The largest absolute Gasteiger partial charge is 0.486 e. The number of nitrogens with zero attached hydrogens (tertiary/aromatic N) is 1. The van der Waals surface area contributed by atoms with Crippen molar-refractivity contribution in [2.75, 3.05) is 38.1 Å². The number of fused-ring (bicyclic) bond motifs is 1. The molecule has 1 aromatic carbocycles. The predicted octanol–water partition coefficient (Wildman–Crippen LogP) is 1.93. The number of alkyl halides is 2. The molecule has 0 saturated carbocycles. The number of ether oxygens (including phenoxy) is 2. The molecule has 5 nitrogen and oxygen atoms in total. The minimum atomic E-state index is -3.63. The van der Waals surface area contributed by atoms with Crippen LogP contribution in [0.2, 0.25) is 0 Å². The second kappa shape index (κ2) is 6.85. The van der Waals surface area contributed by atoms with E-state index in [-0.39, 0.29) is 29.7 Å². The average molecular weight is 340 g/mol. The van der Waals surface area contributed by atoms with E-state index >= 15 is 0 Å². The Kier molecular flexibility index (Phi) is 5.37. The molecule has 0 unspecified atom stereocenters. The van der Waals surface area contributed by atoms with Gasteiger partial charge >= 0.3 is 0 Å². The first-order chi connectivity index (χ1) is 9.59. The van der Waals surface area contributed by atoms with E-state index in [0.29, 0.717) is 24.7 Å². The van der Waals surface area contributed by atoms with Crippen LogP contribution in [0.25, 0.3) is 0 Å². The van der Waals surface area contributed by atoms with Gasteiger partial charge in [0.2, 0.25) is 10.0 Å². The van der Waals surface area contributed by atoms with Gasteiger partial charge in [-0.1, -0.05) is 0 Å². The second-order valence-corrected chi connectivity index (χ2v) is 6.78. The fourth-order valence-electron chi connectivity index (χ4n) is 1.87. The molecule has 0 bridgehead atoms. The Morgan fingerprint density at radius 1 is 1.05 bits per heavy atom. The molecule has 8 heteroatoms. The molecule has 1 aliphatic heterocycles. The molecule has 20 heavy (non-hydrogen) atoms. The molecule has 1 aliphatic rings. The molecule has 0 atom stereocenters. The summed E-state index contributed by atoms with van der Waals surface area (Å²) in [5.41, 5.74) is 0. The first-order valence-corrected chi connectivity index (χ1v) is 8.62. The van der Waals surface area contributed by atoms with Gasteiger partial charge in [-0.2, -0.15) is 4.31 Å². The molecule has 1 heterocycles. The molecule has 1 aromatic rings. The third-order valence-electron chi connectivity index (χ3n) is 2.82. The summed E-state index contributed by atoms with van der Waals surface area (Å²) in [5.74, 6) is 1.41. The maximum absolute atomic E-state index is 12.5. The number of rotatable bonds is 6. The highest BCUT2D eigenvalue weighted by Gasteiger charge is 2.25. The second-order valence-electron chi connectivity index (χ2n) is 4.09. The van der Waals surface area contributed by atoms with E-state index in [2.05, 4.69) is 0 Å². The lowest BCUT2D eigenvalue weighted by Crippen LogP contribution is -2.34. The predicted molar refractivity (Wildman–Crippen MR) is 77.6 cm³/mol. The van der Waals surface area contributed by atoms with Crippen LogP contribution >= 0.6 is 23.2 Å². The summed E-state index contributed by atoms with van der Waals surface area (Å²) in [5, 5.41) is 0. The van der Waals surface area contributed by atoms with E-state index < -0.39 is 10.0 Å². The van der Waals surface area contributed by atoms with Crippen LogP contribution in [0.15, 0.2) is 23.1 Å². The van der Waals surface area contributed by atoms with Crippen molar-refractivity contribution in [3.05, 3.63) is 18.2 Å². The van der Waals surface area contributed by atoms with Gasteiger partial charge in [-0.25, -0.2) is 8.42 Å². The minimum absolute atomic E-state index is 0.150. The van der Waals surface area contributed by atoms with Crippen molar-refractivity contribution in [3.63, 3.8) is 0 Å². The van der Waals surface area contributed by atoms with Crippen molar-refractivity contribution in [3.8, 4) is 11.5 Å². The molecule has 0 radical (unpaired) electrons. The van der Waals surface area contributed by atoms with Crippen molar-refractivity contribution >= 4 is 33.2 Å². The van der Waals surface area contributed by atoms with Gasteiger partial charge in [0.05, 0.1) is 4.90 Å². The SMILES string of the molecule is O=S(=O)(c1ccc2c(c1)OCCO2)N(CCCl)CCCl. The molecule has 2 rings (SSSR count). The molecule has 0 saturated heterocycles. The Balaban J connectivity index is 2.32. The molecule has 0 amide bonds. The lowest BCUT2D eigenvalue weighted by atomic mass is 10.3. The van der Waals surface area contributed by atoms with Gasteiger partial charge in [-0.3, -0.25) is 0 Å². The van der Waals surface area contributed by atoms with Gasteiger partial charge in [0.1, 0.15) is 13.2 Å². The van der Waals surface area contributed by atoms with E-state index in [9.17, 15) is 8.42 Å². The van der Waals surface area contributed by atoms with Crippen LogP contribution in [0.4, 0.5) is 0 Å².